The minimum atomic E-state index is -0.166. The van der Waals surface area contributed by atoms with E-state index >= 15 is 0 Å². The summed E-state index contributed by atoms with van der Waals surface area (Å²) in [6.45, 7) is 1.98. The molecule has 7 nitrogen and oxygen atoms in total. The molecule has 0 saturated heterocycles. The highest BCUT2D eigenvalue weighted by Crippen LogP contribution is 2.24. The highest BCUT2D eigenvalue weighted by Gasteiger charge is 2.14. The van der Waals surface area contributed by atoms with Crippen molar-refractivity contribution in [2.45, 2.75) is 18.1 Å². The number of amides is 2. The molecule has 0 radical (unpaired) electrons. The van der Waals surface area contributed by atoms with Gasteiger partial charge in [0.05, 0.1) is 11.8 Å². The van der Waals surface area contributed by atoms with E-state index in [1.54, 1.807) is 35.2 Å². The molecule has 8 heteroatoms. The lowest BCUT2D eigenvalue weighted by atomic mass is 9.99. The Bertz CT molecular complexity index is 1250. The lowest BCUT2D eigenvalue weighted by Gasteiger charge is -2.17. The van der Waals surface area contributed by atoms with Gasteiger partial charge in [0.15, 0.2) is 5.16 Å². The molecule has 4 rings (SSSR count). The lowest BCUT2D eigenvalue weighted by Crippen LogP contribution is -2.26. The summed E-state index contributed by atoms with van der Waals surface area (Å²) in [4.78, 5) is 24.9. The Labute approximate surface area is 190 Å². The van der Waals surface area contributed by atoms with E-state index in [9.17, 15) is 9.59 Å². The molecule has 0 bridgehead atoms. The van der Waals surface area contributed by atoms with Crippen LogP contribution < -0.4 is 10.6 Å². The van der Waals surface area contributed by atoms with Gasteiger partial charge in [-0.3, -0.25) is 9.59 Å². The number of carbonyl (C=O) groups excluding carboxylic acids is 2. The molecule has 0 fully saturated rings. The van der Waals surface area contributed by atoms with Gasteiger partial charge in [-0.25, -0.2) is 0 Å². The second-order valence-electron chi connectivity index (χ2n) is 7.40. The molecule has 4 aromatic rings. The first-order valence-electron chi connectivity index (χ1n) is 10.2. The summed E-state index contributed by atoms with van der Waals surface area (Å²) < 4.78 is 1.75. The van der Waals surface area contributed by atoms with E-state index in [1.807, 2.05) is 38.2 Å². The van der Waals surface area contributed by atoms with Crippen LogP contribution in [0.5, 0.6) is 0 Å². The fourth-order valence-corrected chi connectivity index (χ4v) is 4.11. The quantitative estimate of drug-likeness (QED) is 0.417. The first-order valence-corrected chi connectivity index (χ1v) is 11.1. The number of nitrogens with one attached hydrogen (secondary N) is 2. The van der Waals surface area contributed by atoms with E-state index in [-0.39, 0.29) is 23.6 Å². The molecule has 0 unspecified atom stereocenters. The van der Waals surface area contributed by atoms with Crippen LogP contribution in [0.1, 0.15) is 28.9 Å². The monoisotopic (exact) mass is 445 g/mol. The summed E-state index contributed by atoms with van der Waals surface area (Å²) in [6.07, 6.45) is 1.59. The predicted octanol–water partition coefficient (Wildman–Crippen LogP) is 4.19. The summed E-state index contributed by atoms with van der Waals surface area (Å²) in [5, 5.41) is 16.6. The van der Waals surface area contributed by atoms with Crippen molar-refractivity contribution in [2.24, 2.45) is 7.05 Å². The molecule has 2 N–H and O–H groups in total. The zero-order chi connectivity index (χ0) is 22.5. The summed E-state index contributed by atoms with van der Waals surface area (Å²) in [5.41, 5.74) is 2.23. The molecular weight excluding hydrogens is 422 g/mol. The summed E-state index contributed by atoms with van der Waals surface area (Å²) in [5.74, 6) is -0.0990. The van der Waals surface area contributed by atoms with Gasteiger partial charge in [0.2, 0.25) is 5.91 Å². The molecule has 162 valence electrons. The van der Waals surface area contributed by atoms with Crippen molar-refractivity contribution in [1.82, 2.24) is 20.1 Å². The highest BCUT2D eigenvalue weighted by molar-refractivity contribution is 7.99. The van der Waals surface area contributed by atoms with Gasteiger partial charge < -0.3 is 15.2 Å². The van der Waals surface area contributed by atoms with E-state index in [4.69, 9.17) is 0 Å². The summed E-state index contributed by atoms with van der Waals surface area (Å²) >= 11 is 1.31. The van der Waals surface area contributed by atoms with E-state index in [0.29, 0.717) is 16.4 Å². The average molecular weight is 446 g/mol. The van der Waals surface area contributed by atoms with E-state index in [2.05, 4.69) is 39.0 Å². The molecule has 32 heavy (non-hydrogen) atoms. The second kappa shape index (κ2) is 9.65. The first kappa shape index (κ1) is 21.6. The number of rotatable bonds is 7. The van der Waals surface area contributed by atoms with Crippen LogP contribution in [0.15, 0.2) is 78.2 Å². The van der Waals surface area contributed by atoms with E-state index in [0.717, 1.165) is 16.3 Å². The number of aromatic nitrogens is 3. The molecule has 0 aliphatic rings. The van der Waals surface area contributed by atoms with Gasteiger partial charge >= 0.3 is 0 Å². The third-order valence-electron chi connectivity index (χ3n) is 5.07. The van der Waals surface area contributed by atoms with Crippen LogP contribution >= 0.6 is 11.8 Å². The normalized spacial score (nSPS) is 11.8. The number of benzene rings is 3. The highest BCUT2D eigenvalue weighted by atomic mass is 32.2. The fraction of sp³-hybridized carbons (Fsp3) is 0.167. The first-order chi connectivity index (χ1) is 15.5. The van der Waals surface area contributed by atoms with Gasteiger partial charge in [0, 0.05) is 18.3 Å². The van der Waals surface area contributed by atoms with Crippen molar-refractivity contribution in [2.75, 3.05) is 11.1 Å². The molecular formula is C24H23N5O2S. The Hall–Kier alpha value is -3.65. The zero-order valence-electron chi connectivity index (χ0n) is 17.8. The maximum atomic E-state index is 12.7. The molecule has 0 aliphatic carbocycles. The molecule has 0 aliphatic heterocycles. The summed E-state index contributed by atoms with van der Waals surface area (Å²) in [7, 11) is 1.82. The third kappa shape index (κ3) is 4.97. The summed E-state index contributed by atoms with van der Waals surface area (Å²) in [6, 6.07) is 20.9. The van der Waals surface area contributed by atoms with Crippen LogP contribution in [0.2, 0.25) is 0 Å². The van der Waals surface area contributed by atoms with Crippen LogP contribution in [0.3, 0.4) is 0 Å². The standard InChI is InChI=1S/C24H23N5O2S/c1-16(20-9-5-7-17-6-3-4-8-21(17)20)26-23(31)18-10-12-19(13-11-18)27-22(30)14-32-24-28-25-15-29(24)2/h3-13,15-16H,14H2,1-2H3,(H,26,31)(H,27,30)/t16-/m0/s1. The van der Waals surface area contributed by atoms with Crippen molar-refractivity contribution >= 4 is 40.0 Å². The van der Waals surface area contributed by atoms with Gasteiger partial charge in [-0.15, -0.1) is 10.2 Å². The van der Waals surface area contributed by atoms with Crippen molar-refractivity contribution in [3.05, 3.63) is 84.2 Å². The van der Waals surface area contributed by atoms with E-state index < -0.39 is 0 Å². The third-order valence-corrected chi connectivity index (χ3v) is 6.10. The van der Waals surface area contributed by atoms with Crippen molar-refractivity contribution in [3.63, 3.8) is 0 Å². The van der Waals surface area contributed by atoms with Gasteiger partial charge in [-0.2, -0.15) is 0 Å². The largest absolute Gasteiger partial charge is 0.345 e. The van der Waals surface area contributed by atoms with Crippen LogP contribution in [-0.2, 0) is 11.8 Å². The molecule has 1 heterocycles. The Morgan fingerprint density at radius 1 is 1.03 bits per heavy atom. The Kier molecular flexibility index (Phi) is 6.51. The minimum absolute atomic E-state index is 0.148. The number of hydrogen-bond acceptors (Lipinski definition) is 5. The number of nitrogens with zero attached hydrogens (tertiary/aromatic N) is 3. The lowest BCUT2D eigenvalue weighted by molar-refractivity contribution is -0.113. The Balaban J connectivity index is 1.35. The minimum Gasteiger partial charge on any atom is -0.345 e. The van der Waals surface area contributed by atoms with Crippen LogP contribution in [0.25, 0.3) is 10.8 Å². The number of thioether (sulfide) groups is 1. The maximum Gasteiger partial charge on any atom is 0.251 e. The van der Waals surface area contributed by atoms with Crippen LogP contribution in [-0.4, -0.2) is 32.3 Å². The number of carbonyl (C=O) groups is 2. The predicted molar refractivity (Wildman–Crippen MR) is 127 cm³/mol. The van der Waals surface area contributed by atoms with Gasteiger partial charge in [0.25, 0.3) is 5.91 Å². The molecule has 0 spiro atoms. The average Bonchev–Trinajstić information content (AvgIpc) is 3.22. The Morgan fingerprint density at radius 3 is 2.53 bits per heavy atom. The van der Waals surface area contributed by atoms with Crippen LogP contribution in [0.4, 0.5) is 5.69 Å². The molecule has 3 aromatic carbocycles. The van der Waals surface area contributed by atoms with E-state index in [1.165, 1.54) is 11.8 Å². The van der Waals surface area contributed by atoms with Crippen molar-refractivity contribution in [3.8, 4) is 0 Å². The topological polar surface area (TPSA) is 88.9 Å². The number of fused-ring (bicyclic) bond motifs is 1. The smallest absolute Gasteiger partial charge is 0.251 e. The number of aryl methyl sites for hydroxylation is 1. The van der Waals surface area contributed by atoms with Crippen molar-refractivity contribution < 1.29 is 9.59 Å². The van der Waals surface area contributed by atoms with Gasteiger partial charge in [-0.05, 0) is 47.5 Å². The number of anilines is 1. The fourth-order valence-electron chi connectivity index (χ4n) is 3.42. The second-order valence-corrected chi connectivity index (χ2v) is 8.34. The zero-order valence-corrected chi connectivity index (χ0v) is 18.6. The number of hydrogen-bond donors (Lipinski definition) is 2. The van der Waals surface area contributed by atoms with Gasteiger partial charge in [0.1, 0.15) is 6.33 Å². The van der Waals surface area contributed by atoms with Gasteiger partial charge in [-0.1, -0.05) is 54.2 Å². The molecule has 0 saturated carbocycles. The molecule has 2 amide bonds. The van der Waals surface area contributed by atoms with Crippen molar-refractivity contribution in [1.29, 1.82) is 0 Å². The molecule has 1 aromatic heterocycles. The Morgan fingerprint density at radius 2 is 1.78 bits per heavy atom. The molecule has 1 atom stereocenters. The SMILES string of the molecule is C[C@H](NC(=O)c1ccc(NC(=O)CSc2nncn2C)cc1)c1cccc2ccccc12. The maximum absolute atomic E-state index is 12.7. The van der Waals surface area contributed by atoms with Crippen LogP contribution in [0, 0.1) is 0 Å².